The molecule has 30 heavy (non-hydrogen) atoms. The molecule has 1 fully saturated rings. The van der Waals surface area contributed by atoms with E-state index in [1.807, 2.05) is 24.3 Å². The third-order valence-electron chi connectivity index (χ3n) is 4.95. The quantitative estimate of drug-likeness (QED) is 0.537. The molecule has 2 heterocycles. The van der Waals surface area contributed by atoms with Gasteiger partial charge in [-0.15, -0.1) is 0 Å². The Kier molecular flexibility index (Phi) is 5.99. The molecular weight excluding hydrogens is 409 g/mol. The van der Waals surface area contributed by atoms with E-state index < -0.39 is 5.82 Å². The Hall–Kier alpha value is -2.93. The van der Waals surface area contributed by atoms with Crippen LogP contribution >= 0.6 is 11.6 Å². The second-order valence-electron chi connectivity index (χ2n) is 7.25. The first-order valence-corrected chi connectivity index (χ1v) is 10.2. The van der Waals surface area contributed by atoms with Crippen LogP contribution in [0.3, 0.4) is 0 Å². The van der Waals surface area contributed by atoms with Crippen molar-refractivity contribution in [2.75, 3.05) is 13.2 Å². The standard InChI is InChI=1S/C22H21ClFN3O3/c1-2-9-29-17-6-4-15(5-7-17)21-25-22(30-26-21)16-11-20(28)27(13-16)12-14-3-8-19(24)18(23)10-14/h3-8,10,16H,2,9,11-13H2,1H3. The van der Waals surface area contributed by atoms with Crippen molar-refractivity contribution in [2.45, 2.75) is 32.2 Å². The van der Waals surface area contributed by atoms with Crippen molar-refractivity contribution >= 4 is 17.5 Å². The van der Waals surface area contributed by atoms with Crippen LogP contribution in [0.25, 0.3) is 11.4 Å². The molecule has 1 aliphatic heterocycles. The molecule has 0 aliphatic carbocycles. The molecule has 1 saturated heterocycles. The van der Waals surface area contributed by atoms with Crippen LogP contribution in [0.5, 0.6) is 5.75 Å². The molecule has 2 aromatic carbocycles. The van der Waals surface area contributed by atoms with Crippen molar-refractivity contribution < 1.29 is 18.4 Å². The zero-order chi connectivity index (χ0) is 21.1. The molecule has 1 atom stereocenters. The molecule has 6 nitrogen and oxygen atoms in total. The van der Waals surface area contributed by atoms with Gasteiger partial charge in [-0.25, -0.2) is 4.39 Å². The van der Waals surface area contributed by atoms with E-state index in [0.717, 1.165) is 23.3 Å². The third kappa shape index (κ3) is 4.46. The topological polar surface area (TPSA) is 68.5 Å². The van der Waals surface area contributed by atoms with Gasteiger partial charge in [0, 0.05) is 25.1 Å². The molecule has 0 bridgehead atoms. The Morgan fingerprint density at radius 1 is 1.27 bits per heavy atom. The fourth-order valence-corrected chi connectivity index (χ4v) is 3.59. The van der Waals surface area contributed by atoms with E-state index in [9.17, 15) is 9.18 Å². The van der Waals surface area contributed by atoms with E-state index in [2.05, 4.69) is 17.1 Å². The number of hydrogen-bond acceptors (Lipinski definition) is 5. The number of benzene rings is 2. The molecule has 4 rings (SSSR count). The van der Waals surface area contributed by atoms with Crippen LogP contribution in [0.1, 0.15) is 37.1 Å². The first kappa shape index (κ1) is 20.3. The molecular formula is C22H21ClFN3O3. The summed E-state index contributed by atoms with van der Waals surface area (Å²) in [6.07, 6.45) is 1.24. The van der Waals surface area contributed by atoms with Crippen LogP contribution < -0.4 is 4.74 Å². The lowest BCUT2D eigenvalue weighted by Crippen LogP contribution is -2.24. The number of halogens is 2. The van der Waals surface area contributed by atoms with Crippen molar-refractivity contribution in [3.8, 4) is 17.1 Å². The van der Waals surface area contributed by atoms with E-state index in [4.69, 9.17) is 20.9 Å². The average molecular weight is 430 g/mol. The number of rotatable bonds is 7. The van der Waals surface area contributed by atoms with Crippen LogP contribution in [-0.4, -0.2) is 34.1 Å². The molecule has 1 unspecified atom stereocenters. The number of ether oxygens (including phenoxy) is 1. The van der Waals surface area contributed by atoms with E-state index >= 15 is 0 Å². The maximum absolute atomic E-state index is 13.3. The van der Waals surface area contributed by atoms with Gasteiger partial charge in [0.05, 0.1) is 17.5 Å². The fraction of sp³-hybridized carbons (Fsp3) is 0.318. The van der Waals surface area contributed by atoms with Gasteiger partial charge in [-0.2, -0.15) is 4.98 Å². The van der Waals surface area contributed by atoms with Gasteiger partial charge in [0.2, 0.25) is 17.6 Å². The highest BCUT2D eigenvalue weighted by molar-refractivity contribution is 6.30. The van der Waals surface area contributed by atoms with Crippen molar-refractivity contribution in [2.24, 2.45) is 0 Å². The highest BCUT2D eigenvalue weighted by Crippen LogP contribution is 2.30. The summed E-state index contributed by atoms with van der Waals surface area (Å²) < 4.78 is 24.4. The fourth-order valence-electron chi connectivity index (χ4n) is 3.39. The van der Waals surface area contributed by atoms with Gasteiger partial charge in [-0.3, -0.25) is 4.79 Å². The second-order valence-corrected chi connectivity index (χ2v) is 7.66. The van der Waals surface area contributed by atoms with Gasteiger partial charge in [0.15, 0.2) is 0 Å². The van der Waals surface area contributed by atoms with Crippen LogP contribution in [0.15, 0.2) is 47.0 Å². The second kappa shape index (κ2) is 8.83. The molecule has 1 amide bonds. The van der Waals surface area contributed by atoms with Gasteiger partial charge >= 0.3 is 0 Å². The van der Waals surface area contributed by atoms with Gasteiger partial charge in [0.25, 0.3) is 0 Å². The number of likely N-dealkylation sites (tertiary alicyclic amines) is 1. The Morgan fingerprint density at radius 3 is 2.80 bits per heavy atom. The summed E-state index contributed by atoms with van der Waals surface area (Å²) in [6.45, 7) is 3.54. The minimum atomic E-state index is -0.477. The minimum absolute atomic E-state index is 0.0161. The zero-order valence-corrected chi connectivity index (χ0v) is 17.2. The lowest BCUT2D eigenvalue weighted by atomic mass is 10.1. The number of carbonyl (C=O) groups is 1. The molecule has 1 aromatic heterocycles. The Morgan fingerprint density at radius 2 is 2.07 bits per heavy atom. The normalized spacial score (nSPS) is 16.3. The highest BCUT2D eigenvalue weighted by Gasteiger charge is 2.34. The molecule has 0 saturated carbocycles. The first-order valence-electron chi connectivity index (χ1n) is 9.82. The predicted octanol–water partition coefficient (Wildman–Crippen LogP) is 4.83. The Bertz CT molecular complexity index is 1040. The largest absolute Gasteiger partial charge is 0.494 e. The molecule has 156 valence electrons. The van der Waals surface area contributed by atoms with Crippen molar-refractivity contribution in [3.63, 3.8) is 0 Å². The SMILES string of the molecule is CCCOc1ccc(-c2noc(C3CC(=O)N(Cc4ccc(F)c(Cl)c4)C3)n2)cc1. The molecule has 8 heteroatoms. The smallest absolute Gasteiger partial charge is 0.232 e. The van der Waals surface area contributed by atoms with Crippen LogP contribution in [0.4, 0.5) is 4.39 Å². The Balaban J connectivity index is 1.42. The van der Waals surface area contributed by atoms with Crippen molar-refractivity contribution in [1.29, 1.82) is 0 Å². The lowest BCUT2D eigenvalue weighted by Gasteiger charge is -2.16. The van der Waals surface area contributed by atoms with Crippen LogP contribution in [0, 0.1) is 5.82 Å². The van der Waals surface area contributed by atoms with Crippen molar-refractivity contribution in [1.82, 2.24) is 15.0 Å². The van der Waals surface area contributed by atoms with E-state index in [1.54, 1.807) is 11.0 Å². The zero-order valence-electron chi connectivity index (χ0n) is 16.5. The summed E-state index contributed by atoms with van der Waals surface area (Å²) in [6, 6.07) is 12.0. The maximum Gasteiger partial charge on any atom is 0.232 e. The summed E-state index contributed by atoms with van der Waals surface area (Å²) >= 11 is 5.84. The summed E-state index contributed by atoms with van der Waals surface area (Å²) in [5.74, 6) is 1.03. The first-order chi connectivity index (χ1) is 14.5. The van der Waals surface area contributed by atoms with Crippen molar-refractivity contribution in [3.05, 3.63) is 64.8 Å². The molecule has 0 N–H and O–H groups in total. The lowest BCUT2D eigenvalue weighted by molar-refractivity contribution is -0.128. The number of carbonyl (C=O) groups excluding carboxylic acids is 1. The summed E-state index contributed by atoms with van der Waals surface area (Å²) in [7, 11) is 0. The molecule has 3 aromatic rings. The van der Waals surface area contributed by atoms with E-state index in [1.165, 1.54) is 12.1 Å². The van der Waals surface area contributed by atoms with E-state index in [-0.39, 0.29) is 16.8 Å². The third-order valence-corrected chi connectivity index (χ3v) is 5.24. The van der Waals surface area contributed by atoms with Gasteiger partial charge in [0.1, 0.15) is 11.6 Å². The predicted molar refractivity (Wildman–Crippen MR) is 110 cm³/mol. The summed E-state index contributed by atoms with van der Waals surface area (Å²) in [4.78, 5) is 18.6. The maximum atomic E-state index is 13.3. The summed E-state index contributed by atoms with van der Waals surface area (Å²) in [5.41, 5.74) is 1.59. The van der Waals surface area contributed by atoms with Gasteiger partial charge in [-0.1, -0.05) is 29.7 Å². The van der Waals surface area contributed by atoms with E-state index in [0.29, 0.717) is 37.8 Å². The van der Waals surface area contributed by atoms with Crippen LogP contribution in [-0.2, 0) is 11.3 Å². The van der Waals surface area contributed by atoms with Gasteiger partial charge in [-0.05, 0) is 48.4 Å². The monoisotopic (exact) mass is 429 g/mol. The minimum Gasteiger partial charge on any atom is -0.494 e. The number of hydrogen-bond donors (Lipinski definition) is 0. The van der Waals surface area contributed by atoms with Gasteiger partial charge < -0.3 is 14.2 Å². The highest BCUT2D eigenvalue weighted by atomic mass is 35.5. The number of nitrogens with zero attached hydrogens (tertiary/aromatic N) is 3. The number of aromatic nitrogens is 2. The Labute approximate surface area is 178 Å². The average Bonchev–Trinajstić information content (AvgIpc) is 3.37. The number of amides is 1. The molecule has 1 aliphatic rings. The summed E-state index contributed by atoms with van der Waals surface area (Å²) in [5, 5.41) is 4.11. The molecule has 0 radical (unpaired) electrons. The molecule has 0 spiro atoms. The van der Waals surface area contributed by atoms with Crippen LogP contribution in [0.2, 0.25) is 5.02 Å².